The van der Waals surface area contributed by atoms with Gasteiger partial charge in [0.15, 0.2) is 0 Å². The average molecular weight is 969 g/mol. The number of hydrogen-bond acceptors (Lipinski definition) is 2. The van der Waals surface area contributed by atoms with Crippen LogP contribution in [0.15, 0.2) is 164 Å². The number of anilines is 6. The molecule has 0 aromatic heterocycles. The first-order chi connectivity index (χ1) is 36.7. The van der Waals surface area contributed by atoms with Gasteiger partial charge in [0.1, 0.15) is 0 Å². The molecule has 2 aliphatic heterocycles. The molecule has 3 heteroatoms. The summed E-state index contributed by atoms with van der Waals surface area (Å²) in [6.45, 7) is 15.1. The van der Waals surface area contributed by atoms with Gasteiger partial charge in [0.25, 0.3) is 6.71 Å². The normalized spacial score (nSPS) is 15.2. The first kappa shape index (κ1) is 45.1. The van der Waals surface area contributed by atoms with Crippen LogP contribution in [0.5, 0.6) is 0 Å². The fourth-order valence-corrected chi connectivity index (χ4v) is 15.2. The minimum atomic E-state index is -0.0771. The van der Waals surface area contributed by atoms with Crippen LogP contribution in [0.1, 0.15) is 113 Å². The molecule has 0 unspecified atom stereocenters. The molecule has 0 fully saturated rings. The van der Waals surface area contributed by atoms with Crippen molar-refractivity contribution in [2.75, 3.05) is 9.80 Å². The average Bonchev–Trinajstić information content (AvgIpc) is 3.55. The molecule has 2 nitrogen and oxygen atoms in total. The summed E-state index contributed by atoms with van der Waals surface area (Å²) in [5, 5.41) is 15.8. The molecule has 0 saturated carbocycles. The van der Waals surface area contributed by atoms with Crippen LogP contribution >= 0.6 is 0 Å². The summed E-state index contributed by atoms with van der Waals surface area (Å²) in [6.07, 6.45) is 11.6. The van der Waals surface area contributed by atoms with Crippen LogP contribution in [0, 0.1) is 0 Å². The lowest BCUT2D eigenvalue weighted by Gasteiger charge is -2.49. The van der Waals surface area contributed by atoms with Gasteiger partial charge in [-0.15, -0.1) is 0 Å². The Balaban J connectivity index is 1.12. The summed E-state index contributed by atoms with van der Waals surface area (Å²) in [5.74, 6) is 0. The molecule has 2 heterocycles. The molecule has 15 rings (SSSR count). The summed E-state index contributed by atoms with van der Waals surface area (Å²) >= 11 is 0. The maximum Gasteiger partial charge on any atom is 0.252 e. The lowest BCUT2D eigenvalue weighted by Crippen LogP contribution is -2.62. The van der Waals surface area contributed by atoms with Gasteiger partial charge in [0.2, 0.25) is 0 Å². The number of benzene rings is 11. The first-order valence-electron chi connectivity index (χ1n) is 28.4. The second kappa shape index (κ2) is 16.6. The topological polar surface area (TPSA) is 6.48 Å². The molecule has 0 atom stereocenters. The molecule has 75 heavy (non-hydrogen) atoms. The molecule has 11 aromatic rings. The van der Waals surface area contributed by atoms with Crippen molar-refractivity contribution in [2.45, 2.75) is 117 Å². The zero-order valence-electron chi connectivity index (χ0n) is 44.6. The van der Waals surface area contributed by atoms with E-state index in [1.54, 1.807) is 33.4 Å². The van der Waals surface area contributed by atoms with Crippen molar-refractivity contribution < 1.29 is 0 Å². The van der Waals surface area contributed by atoms with E-state index in [0.29, 0.717) is 0 Å². The van der Waals surface area contributed by atoms with Gasteiger partial charge in [-0.1, -0.05) is 175 Å². The van der Waals surface area contributed by atoms with Crippen LogP contribution in [-0.4, -0.2) is 6.71 Å². The number of aryl methyl sites for hydroxylation is 2. The molecule has 11 aromatic carbocycles. The van der Waals surface area contributed by atoms with Gasteiger partial charge in [-0.05, 0) is 214 Å². The molecule has 0 amide bonds. The molecule has 0 saturated heterocycles. The van der Waals surface area contributed by atoms with Crippen LogP contribution in [-0.2, 0) is 36.5 Å². The van der Waals surface area contributed by atoms with Gasteiger partial charge in [-0.3, -0.25) is 0 Å². The van der Waals surface area contributed by atoms with E-state index in [-0.39, 0.29) is 17.5 Å². The van der Waals surface area contributed by atoms with Crippen molar-refractivity contribution in [3.05, 3.63) is 197 Å². The van der Waals surface area contributed by atoms with Crippen LogP contribution in [0.4, 0.5) is 34.1 Å². The molecular weight excluding hydrogens is 904 g/mol. The van der Waals surface area contributed by atoms with E-state index in [9.17, 15) is 0 Å². The van der Waals surface area contributed by atoms with Crippen molar-refractivity contribution in [1.82, 2.24) is 0 Å². The molecule has 2 aliphatic carbocycles. The highest BCUT2D eigenvalue weighted by Crippen LogP contribution is 2.54. The monoisotopic (exact) mass is 969 g/mol. The summed E-state index contributed by atoms with van der Waals surface area (Å²) in [6, 6.07) is 64.0. The summed E-state index contributed by atoms with van der Waals surface area (Å²) in [5.41, 5.74) is 21.7. The quantitative estimate of drug-likeness (QED) is 0.121. The highest BCUT2D eigenvalue weighted by atomic mass is 15.2. The smallest absolute Gasteiger partial charge is 0.252 e. The van der Waals surface area contributed by atoms with Gasteiger partial charge < -0.3 is 9.80 Å². The zero-order chi connectivity index (χ0) is 50.5. The zero-order valence-corrected chi connectivity index (χ0v) is 44.6. The number of rotatable bonds is 6. The Hall–Kier alpha value is -7.36. The van der Waals surface area contributed by atoms with Crippen molar-refractivity contribution in [1.29, 1.82) is 0 Å². The maximum absolute atomic E-state index is 2.81. The third-order valence-electron chi connectivity index (χ3n) is 19.3. The predicted molar refractivity (Wildman–Crippen MR) is 325 cm³/mol. The maximum atomic E-state index is 2.81. The fourth-order valence-electron chi connectivity index (χ4n) is 15.2. The molecule has 0 N–H and O–H groups in total. The third-order valence-corrected chi connectivity index (χ3v) is 19.3. The van der Waals surface area contributed by atoms with Crippen LogP contribution < -0.4 is 26.2 Å². The number of fused-ring (bicyclic) bond motifs is 18. The Morgan fingerprint density at radius 3 is 1.28 bits per heavy atom. The van der Waals surface area contributed by atoms with Gasteiger partial charge in [0, 0.05) is 33.8 Å². The van der Waals surface area contributed by atoms with Crippen molar-refractivity contribution in [3.8, 4) is 0 Å². The van der Waals surface area contributed by atoms with Gasteiger partial charge >= 0.3 is 0 Å². The summed E-state index contributed by atoms with van der Waals surface area (Å²) in [7, 11) is 0. The van der Waals surface area contributed by atoms with Crippen molar-refractivity contribution in [2.24, 2.45) is 0 Å². The Bertz CT molecular complexity index is 4170. The number of hydrogen-bond donors (Lipinski definition) is 0. The molecule has 4 aliphatic rings. The minimum absolute atomic E-state index is 0.0451. The van der Waals surface area contributed by atoms with Crippen molar-refractivity contribution >= 4 is 122 Å². The fraction of sp³-hybridized carbons (Fsp3) is 0.250. The van der Waals surface area contributed by atoms with E-state index in [2.05, 4.69) is 215 Å². The van der Waals surface area contributed by atoms with Gasteiger partial charge in [-0.25, -0.2) is 0 Å². The second-order valence-electron chi connectivity index (χ2n) is 24.0. The lowest BCUT2D eigenvalue weighted by atomic mass is 9.32. The number of nitrogens with zero attached hydrogens (tertiary/aromatic N) is 2. The minimum Gasteiger partial charge on any atom is -0.311 e. The Labute approximate surface area is 443 Å². The third kappa shape index (κ3) is 6.34. The van der Waals surface area contributed by atoms with Gasteiger partial charge in [0.05, 0.1) is 5.69 Å². The highest BCUT2D eigenvalue weighted by Gasteiger charge is 2.49. The van der Waals surface area contributed by atoms with E-state index in [1.807, 2.05) is 0 Å². The molecule has 366 valence electrons. The van der Waals surface area contributed by atoms with E-state index in [0.717, 1.165) is 38.5 Å². The van der Waals surface area contributed by atoms with Crippen LogP contribution in [0.25, 0.3) is 64.6 Å². The molecule has 0 bridgehead atoms. The van der Waals surface area contributed by atoms with Crippen molar-refractivity contribution in [3.63, 3.8) is 0 Å². The Morgan fingerprint density at radius 1 is 0.387 bits per heavy atom. The highest BCUT2D eigenvalue weighted by molar-refractivity contribution is 7.00. The van der Waals surface area contributed by atoms with Crippen LogP contribution in [0.3, 0.4) is 0 Å². The van der Waals surface area contributed by atoms with E-state index < -0.39 is 0 Å². The van der Waals surface area contributed by atoms with Crippen LogP contribution in [0.2, 0.25) is 0 Å². The Kier molecular flexibility index (Phi) is 9.96. The summed E-state index contributed by atoms with van der Waals surface area (Å²) in [4.78, 5) is 5.59. The predicted octanol–water partition coefficient (Wildman–Crippen LogP) is 17.8. The molecule has 0 radical (unpaired) electrons. The lowest BCUT2D eigenvalue weighted by molar-refractivity contribution is 0.496. The SMILES string of the molecule is CCC(C)(C)c1c2c(cc3c1N(c1ccc4c5ccccc5c5ccccc5c4c1)c1cccc4c1B3c1cc3c(c(C(C)(C)CC)c1N4c1cccc4c5ccccc5c5ccccc5c14)CCCC3)CCCC2. The van der Waals surface area contributed by atoms with Gasteiger partial charge in [-0.2, -0.15) is 0 Å². The van der Waals surface area contributed by atoms with E-state index in [1.165, 1.54) is 141 Å². The van der Waals surface area contributed by atoms with E-state index in [4.69, 9.17) is 0 Å². The summed E-state index contributed by atoms with van der Waals surface area (Å²) < 4.78 is 0. The second-order valence-corrected chi connectivity index (χ2v) is 24.0. The van der Waals surface area contributed by atoms with E-state index >= 15 is 0 Å². The largest absolute Gasteiger partial charge is 0.311 e. The first-order valence-corrected chi connectivity index (χ1v) is 28.4. The standard InChI is InChI=1S/C72H65BN2/c1-7-71(3,4)66-47-25-11-9-23-44(47)41-60-69(66)74(46-39-40-56-51-29-14-13-27-49(51)50-28-16-18-33-55(50)59(56)43-46)63-37-22-38-64-68(63)73(60)61-42-45-24-10-12-26-48(45)67(72(5,6)8-2)70(61)75(64)62-36-21-35-58-54-31-17-15-30-52(54)53-32-19-20-34-57(53)65(58)62/h13-22,27-43H,7-12,23-26H2,1-6H3. The Morgan fingerprint density at radius 2 is 0.773 bits per heavy atom. The molecule has 0 spiro atoms. The molecular formula is C72H65BN2.